The van der Waals surface area contributed by atoms with Gasteiger partial charge in [-0.15, -0.1) is 12.4 Å². The predicted molar refractivity (Wildman–Crippen MR) is 66.3 cm³/mol. The van der Waals surface area contributed by atoms with E-state index in [1.54, 1.807) is 12.1 Å². The lowest BCUT2D eigenvalue weighted by molar-refractivity contribution is 0.0601. The number of aromatic nitrogens is 1. The molecule has 0 radical (unpaired) electrons. The van der Waals surface area contributed by atoms with Gasteiger partial charge in [0.2, 0.25) is 0 Å². The summed E-state index contributed by atoms with van der Waals surface area (Å²) >= 11 is 0. The minimum atomic E-state index is -0.360. The van der Waals surface area contributed by atoms with E-state index >= 15 is 0 Å². The first-order valence-corrected chi connectivity index (χ1v) is 4.99. The Balaban J connectivity index is 0.00000225. The number of aryl methyl sites for hydroxylation is 1. The quantitative estimate of drug-likeness (QED) is 0.827. The Kier molecular flexibility index (Phi) is 6.49. The number of esters is 1. The summed E-state index contributed by atoms with van der Waals surface area (Å²) in [6.07, 6.45) is 0.982. The van der Waals surface area contributed by atoms with Crippen molar-refractivity contribution in [3.05, 3.63) is 23.4 Å². The number of nitrogens with one attached hydrogen (secondary N) is 1. The number of ether oxygens (including phenoxy) is 1. The van der Waals surface area contributed by atoms with Crippen LogP contribution in [0, 0.1) is 6.92 Å². The number of methoxy groups -OCH3 is 1. The van der Waals surface area contributed by atoms with Crippen molar-refractivity contribution in [2.75, 3.05) is 19.0 Å². The monoisotopic (exact) mass is 244 g/mol. The van der Waals surface area contributed by atoms with Crippen LogP contribution in [-0.2, 0) is 4.74 Å². The van der Waals surface area contributed by atoms with Crippen LogP contribution in [0.25, 0.3) is 0 Å². The molecule has 0 amide bonds. The lowest BCUT2D eigenvalue weighted by Crippen LogP contribution is -2.11. The summed E-state index contributed by atoms with van der Waals surface area (Å²) in [5.41, 5.74) is 1.36. The maximum Gasteiger partial charge on any atom is 0.341 e. The van der Waals surface area contributed by atoms with Crippen molar-refractivity contribution in [3.8, 4) is 0 Å². The van der Waals surface area contributed by atoms with Crippen molar-refractivity contribution in [1.82, 2.24) is 4.98 Å². The summed E-state index contributed by atoms with van der Waals surface area (Å²) in [5.74, 6) is 0.241. The van der Waals surface area contributed by atoms with Gasteiger partial charge in [0.1, 0.15) is 11.4 Å². The second-order valence-corrected chi connectivity index (χ2v) is 3.27. The van der Waals surface area contributed by atoms with Gasteiger partial charge in [-0.05, 0) is 25.5 Å². The maximum absolute atomic E-state index is 11.4. The Bertz CT molecular complexity index is 356. The highest BCUT2D eigenvalue weighted by Crippen LogP contribution is 2.14. The van der Waals surface area contributed by atoms with Crippen molar-refractivity contribution in [1.29, 1.82) is 0 Å². The van der Waals surface area contributed by atoms with Gasteiger partial charge in [-0.25, -0.2) is 9.78 Å². The molecule has 0 unspecified atom stereocenters. The minimum absolute atomic E-state index is 0. The largest absolute Gasteiger partial charge is 0.465 e. The van der Waals surface area contributed by atoms with Crippen LogP contribution in [-0.4, -0.2) is 24.6 Å². The van der Waals surface area contributed by atoms with Crippen molar-refractivity contribution in [2.45, 2.75) is 20.3 Å². The number of halogens is 1. The average molecular weight is 245 g/mol. The van der Waals surface area contributed by atoms with Gasteiger partial charge in [0.15, 0.2) is 0 Å². The molecule has 0 aliphatic rings. The molecule has 1 heterocycles. The molecule has 1 N–H and O–H groups in total. The van der Waals surface area contributed by atoms with E-state index in [4.69, 9.17) is 0 Å². The van der Waals surface area contributed by atoms with Crippen LogP contribution >= 0.6 is 12.4 Å². The predicted octanol–water partition coefficient (Wildman–Crippen LogP) is 2.42. The van der Waals surface area contributed by atoms with E-state index in [0.717, 1.165) is 18.7 Å². The van der Waals surface area contributed by atoms with Gasteiger partial charge in [0.25, 0.3) is 0 Å². The molecule has 4 nitrogen and oxygen atoms in total. The third-order valence-electron chi connectivity index (χ3n) is 1.98. The normalized spacial score (nSPS) is 9.19. The molecular weight excluding hydrogens is 228 g/mol. The fourth-order valence-electron chi connectivity index (χ4n) is 1.21. The number of rotatable bonds is 4. The van der Waals surface area contributed by atoms with E-state index < -0.39 is 0 Å². The molecule has 1 aromatic heterocycles. The minimum Gasteiger partial charge on any atom is -0.465 e. The summed E-state index contributed by atoms with van der Waals surface area (Å²) in [5, 5.41) is 3.11. The second kappa shape index (κ2) is 7.06. The lowest BCUT2D eigenvalue weighted by Gasteiger charge is -2.09. The smallest absolute Gasteiger partial charge is 0.341 e. The van der Waals surface area contributed by atoms with Crippen LogP contribution in [0.15, 0.2) is 12.1 Å². The molecule has 1 aromatic rings. The molecule has 0 aliphatic heterocycles. The summed E-state index contributed by atoms with van der Waals surface area (Å²) in [6.45, 7) is 4.74. The summed E-state index contributed by atoms with van der Waals surface area (Å²) in [7, 11) is 1.37. The van der Waals surface area contributed by atoms with Crippen LogP contribution < -0.4 is 5.32 Å². The van der Waals surface area contributed by atoms with Crippen LogP contribution in [0.2, 0.25) is 0 Å². The molecule has 0 fully saturated rings. The van der Waals surface area contributed by atoms with Crippen LogP contribution in [0.5, 0.6) is 0 Å². The highest BCUT2D eigenvalue weighted by molar-refractivity contribution is 5.94. The molecule has 0 aromatic carbocycles. The van der Waals surface area contributed by atoms with E-state index in [-0.39, 0.29) is 18.4 Å². The zero-order valence-corrected chi connectivity index (χ0v) is 10.6. The van der Waals surface area contributed by atoms with Gasteiger partial charge < -0.3 is 10.1 Å². The first kappa shape index (κ1) is 14.7. The second-order valence-electron chi connectivity index (χ2n) is 3.27. The molecule has 90 valence electrons. The Labute approximate surface area is 102 Å². The fraction of sp³-hybridized carbons (Fsp3) is 0.455. The van der Waals surface area contributed by atoms with E-state index in [0.29, 0.717) is 11.4 Å². The van der Waals surface area contributed by atoms with Crippen molar-refractivity contribution < 1.29 is 9.53 Å². The molecule has 16 heavy (non-hydrogen) atoms. The summed E-state index contributed by atoms with van der Waals surface area (Å²) < 4.78 is 4.68. The average Bonchev–Trinajstić information content (AvgIpc) is 2.25. The third kappa shape index (κ3) is 3.70. The van der Waals surface area contributed by atoms with Gasteiger partial charge in [-0.1, -0.05) is 6.92 Å². The Morgan fingerprint density at radius 3 is 2.75 bits per heavy atom. The first-order valence-electron chi connectivity index (χ1n) is 4.99. The van der Waals surface area contributed by atoms with E-state index in [2.05, 4.69) is 22.0 Å². The molecular formula is C11H17ClN2O2. The zero-order chi connectivity index (χ0) is 11.3. The SMILES string of the molecule is CCCNc1nc(C)ccc1C(=O)OC.Cl. The van der Waals surface area contributed by atoms with Gasteiger partial charge in [0.05, 0.1) is 7.11 Å². The third-order valence-corrected chi connectivity index (χ3v) is 1.98. The zero-order valence-electron chi connectivity index (χ0n) is 9.74. The molecule has 0 bridgehead atoms. The molecule has 0 saturated heterocycles. The van der Waals surface area contributed by atoms with Crippen molar-refractivity contribution in [2.24, 2.45) is 0 Å². The van der Waals surface area contributed by atoms with Crippen molar-refractivity contribution in [3.63, 3.8) is 0 Å². The molecule has 0 aliphatic carbocycles. The molecule has 0 spiro atoms. The standard InChI is InChI=1S/C11H16N2O2.ClH/c1-4-7-12-10-9(11(14)15-3)6-5-8(2)13-10;/h5-6H,4,7H2,1-3H3,(H,12,13);1H. The number of hydrogen-bond donors (Lipinski definition) is 1. The van der Waals surface area contributed by atoms with Gasteiger partial charge in [-0.3, -0.25) is 0 Å². The molecule has 0 atom stereocenters. The Morgan fingerprint density at radius 1 is 1.50 bits per heavy atom. The Hall–Kier alpha value is -1.29. The number of hydrogen-bond acceptors (Lipinski definition) is 4. The number of nitrogens with zero attached hydrogens (tertiary/aromatic N) is 1. The maximum atomic E-state index is 11.4. The number of carbonyl (C=O) groups is 1. The topological polar surface area (TPSA) is 51.2 Å². The number of anilines is 1. The number of pyridine rings is 1. The molecule has 1 rings (SSSR count). The summed E-state index contributed by atoms with van der Waals surface area (Å²) in [6, 6.07) is 3.52. The lowest BCUT2D eigenvalue weighted by atomic mass is 10.2. The van der Waals surface area contributed by atoms with Crippen LogP contribution in [0.3, 0.4) is 0 Å². The first-order chi connectivity index (χ1) is 7.19. The van der Waals surface area contributed by atoms with Gasteiger partial charge in [0, 0.05) is 12.2 Å². The summed E-state index contributed by atoms with van der Waals surface area (Å²) in [4.78, 5) is 15.7. The molecule has 5 heteroatoms. The van der Waals surface area contributed by atoms with Gasteiger partial charge in [-0.2, -0.15) is 0 Å². The van der Waals surface area contributed by atoms with E-state index in [1.807, 2.05) is 6.92 Å². The number of carbonyl (C=O) groups excluding carboxylic acids is 1. The van der Waals surface area contributed by atoms with Crippen LogP contribution in [0.1, 0.15) is 29.4 Å². The van der Waals surface area contributed by atoms with Crippen molar-refractivity contribution >= 4 is 24.2 Å². The fourth-order valence-corrected chi connectivity index (χ4v) is 1.21. The van der Waals surface area contributed by atoms with E-state index in [9.17, 15) is 4.79 Å². The van der Waals surface area contributed by atoms with E-state index in [1.165, 1.54) is 7.11 Å². The molecule has 0 saturated carbocycles. The van der Waals surface area contributed by atoms with Crippen LogP contribution in [0.4, 0.5) is 5.82 Å². The van der Waals surface area contributed by atoms with Gasteiger partial charge >= 0.3 is 5.97 Å². The highest BCUT2D eigenvalue weighted by Gasteiger charge is 2.12. The Morgan fingerprint density at radius 2 is 2.19 bits per heavy atom. The highest BCUT2D eigenvalue weighted by atomic mass is 35.5.